The molecule has 0 spiro atoms. The van der Waals surface area contributed by atoms with Crippen LogP contribution in [0.25, 0.3) is 0 Å². The van der Waals surface area contributed by atoms with Gasteiger partial charge in [0.15, 0.2) is 6.10 Å². The maximum Gasteiger partial charge on any atom is 0.355 e. The normalized spacial score (nSPS) is 11.4. The number of esters is 2. The quantitative estimate of drug-likeness (QED) is 0.753. The molecule has 27 heavy (non-hydrogen) atoms. The average Bonchev–Trinajstić information content (AvgIpc) is 2.96. The number of hydrogen-bond acceptors (Lipinski definition) is 6. The smallest absolute Gasteiger partial charge is 0.355 e. The molecule has 8 nitrogen and oxygen atoms in total. The molecule has 0 fully saturated rings. The van der Waals surface area contributed by atoms with Gasteiger partial charge in [-0.3, -0.25) is 4.79 Å². The maximum atomic E-state index is 12.4. The molecule has 1 amide bonds. The van der Waals surface area contributed by atoms with E-state index in [9.17, 15) is 14.4 Å². The van der Waals surface area contributed by atoms with Crippen molar-refractivity contribution in [1.29, 1.82) is 0 Å². The predicted octanol–water partition coefficient (Wildman–Crippen LogP) is 2.61. The second kappa shape index (κ2) is 8.39. The van der Waals surface area contributed by atoms with Crippen molar-refractivity contribution in [2.24, 2.45) is 0 Å². The first-order valence-corrected chi connectivity index (χ1v) is 8.21. The Morgan fingerprint density at radius 1 is 1.04 bits per heavy atom. The molecule has 8 heteroatoms. The Hall–Kier alpha value is -3.29. The molecular weight excluding hydrogens is 352 g/mol. The van der Waals surface area contributed by atoms with Gasteiger partial charge in [-0.05, 0) is 50.6 Å². The molecule has 2 aromatic rings. The Morgan fingerprint density at radius 2 is 1.67 bits per heavy atom. The average molecular weight is 374 g/mol. The van der Waals surface area contributed by atoms with Crippen molar-refractivity contribution in [3.05, 3.63) is 46.8 Å². The van der Waals surface area contributed by atoms with Crippen LogP contribution < -0.4 is 10.1 Å². The van der Waals surface area contributed by atoms with E-state index < -0.39 is 23.9 Å². The first-order valence-electron chi connectivity index (χ1n) is 8.21. The van der Waals surface area contributed by atoms with Crippen LogP contribution in [0.3, 0.4) is 0 Å². The summed E-state index contributed by atoms with van der Waals surface area (Å²) in [6.07, 6.45) is -1.04. The van der Waals surface area contributed by atoms with Crippen molar-refractivity contribution in [3.8, 4) is 5.75 Å². The zero-order valence-corrected chi connectivity index (χ0v) is 15.8. The van der Waals surface area contributed by atoms with Crippen molar-refractivity contribution in [1.82, 2.24) is 4.98 Å². The molecule has 0 saturated heterocycles. The zero-order chi connectivity index (χ0) is 20.1. The van der Waals surface area contributed by atoms with Gasteiger partial charge >= 0.3 is 11.9 Å². The van der Waals surface area contributed by atoms with Gasteiger partial charge in [0, 0.05) is 11.4 Å². The summed E-state index contributed by atoms with van der Waals surface area (Å²) in [7, 11) is 2.81. The molecule has 0 aliphatic heterocycles. The molecule has 0 bridgehead atoms. The van der Waals surface area contributed by atoms with E-state index in [0.29, 0.717) is 22.7 Å². The number of ether oxygens (including phenoxy) is 3. The third-order valence-corrected chi connectivity index (χ3v) is 4.04. The molecule has 0 saturated carbocycles. The van der Waals surface area contributed by atoms with Crippen molar-refractivity contribution in [2.45, 2.75) is 26.9 Å². The summed E-state index contributed by atoms with van der Waals surface area (Å²) in [4.78, 5) is 39.2. The third-order valence-electron chi connectivity index (χ3n) is 4.04. The van der Waals surface area contributed by atoms with Crippen molar-refractivity contribution in [2.75, 3.05) is 19.5 Å². The van der Waals surface area contributed by atoms with Gasteiger partial charge in [-0.2, -0.15) is 0 Å². The summed E-state index contributed by atoms with van der Waals surface area (Å²) >= 11 is 0. The molecular formula is C19H22N2O6. The lowest BCUT2D eigenvalue weighted by atomic mass is 10.1. The number of methoxy groups -OCH3 is 2. The number of nitrogens with one attached hydrogen (secondary N) is 2. The molecule has 0 unspecified atom stereocenters. The minimum Gasteiger partial charge on any atom is -0.497 e. The number of hydrogen-bond donors (Lipinski definition) is 2. The highest BCUT2D eigenvalue weighted by Crippen LogP contribution is 2.20. The van der Waals surface area contributed by atoms with E-state index in [1.807, 2.05) is 0 Å². The van der Waals surface area contributed by atoms with Gasteiger partial charge in [-0.15, -0.1) is 0 Å². The fourth-order valence-electron chi connectivity index (χ4n) is 2.55. The number of amides is 1. The Bertz CT molecular complexity index is 854. The van der Waals surface area contributed by atoms with E-state index in [1.54, 1.807) is 45.2 Å². The highest BCUT2D eigenvalue weighted by molar-refractivity contribution is 6.00. The van der Waals surface area contributed by atoms with Crippen LogP contribution >= 0.6 is 0 Å². The Balaban J connectivity index is 2.06. The summed E-state index contributed by atoms with van der Waals surface area (Å²) in [6.45, 7) is 4.72. The van der Waals surface area contributed by atoms with Crippen LogP contribution in [0.15, 0.2) is 24.3 Å². The topological polar surface area (TPSA) is 107 Å². The summed E-state index contributed by atoms with van der Waals surface area (Å²) in [5.41, 5.74) is 1.83. The summed E-state index contributed by atoms with van der Waals surface area (Å²) in [6, 6.07) is 6.75. The standard InChI is InChI=1S/C19H22N2O6/c1-10-15(18(23)26-5)11(2)20-16(10)19(24)27-12(3)17(22)21-13-6-8-14(25-4)9-7-13/h6-9,12,20H,1-5H3,(H,21,22)/t12-/m1/s1. The van der Waals surface area contributed by atoms with Crippen molar-refractivity contribution in [3.63, 3.8) is 0 Å². The van der Waals surface area contributed by atoms with E-state index in [0.717, 1.165) is 0 Å². The number of anilines is 1. The monoisotopic (exact) mass is 374 g/mol. The van der Waals surface area contributed by atoms with Gasteiger partial charge in [0.25, 0.3) is 5.91 Å². The fraction of sp³-hybridized carbons (Fsp3) is 0.316. The van der Waals surface area contributed by atoms with Crippen LogP contribution in [0.5, 0.6) is 5.75 Å². The Morgan fingerprint density at radius 3 is 2.22 bits per heavy atom. The van der Waals surface area contributed by atoms with Crippen LogP contribution in [0.2, 0.25) is 0 Å². The number of aryl methyl sites for hydroxylation is 1. The number of H-pyrrole nitrogens is 1. The van der Waals surface area contributed by atoms with Gasteiger partial charge in [0.2, 0.25) is 0 Å². The van der Waals surface area contributed by atoms with Crippen LogP contribution in [0, 0.1) is 13.8 Å². The number of benzene rings is 1. The third kappa shape index (κ3) is 4.46. The largest absolute Gasteiger partial charge is 0.497 e. The summed E-state index contributed by atoms with van der Waals surface area (Å²) in [5.74, 6) is -1.11. The van der Waals surface area contributed by atoms with Gasteiger partial charge in [-0.25, -0.2) is 9.59 Å². The highest BCUT2D eigenvalue weighted by Gasteiger charge is 2.26. The zero-order valence-electron chi connectivity index (χ0n) is 15.8. The lowest BCUT2D eigenvalue weighted by Gasteiger charge is -2.13. The second-order valence-corrected chi connectivity index (χ2v) is 5.88. The summed E-state index contributed by atoms with van der Waals surface area (Å²) in [5, 5.41) is 2.65. The number of aromatic nitrogens is 1. The number of aromatic amines is 1. The van der Waals surface area contributed by atoms with Gasteiger partial charge < -0.3 is 24.5 Å². The molecule has 0 aliphatic rings. The van der Waals surface area contributed by atoms with Gasteiger partial charge in [-0.1, -0.05) is 0 Å². The molecule has 1 atom stereocenters. The first kappa shape index (κ1) is 20.0. The molecule has 144 valence electrons. The predicted molar refractivity (Wildman–Crippen MR) is 98.1 cm³/mol. The maximum absolute atomic E-state index is 12.4. The molecule has 1 aromatic heterocycles. The van der Waals surface area contributed by atoms with Crippen molar-refractivity contribution < 1.29 is 28.6 Å². The van der Waals surface area contributed by atoms with Gasteiger partial charge in [0.05, 0.1) is 19.8 Å². The molecule has 0 aliphatic carbocycles. The lowest BCUT2D eigenvalue weighted by Crippen LogP contribution is -2.30. The van der Waals surface area contributed by atoms with E-state index in [2.05, 4.69) is 10.3 Å². The number of carbonyl (C=O) groups excluding carboxylic acids is 3. The molecule has 2 rings (SSSR count). The van der Waals surface area contributed by atoms with E-state index in [-0.39, 0.29) is 11.3 Å². The van der Waals surface area contributed by atoms with Crippen LogP contribution in [0.1, 0.15) is 39.0 Å². The summed E-state index contributed by atoms with van der Waals surface area (Å²) < 4.78 is 15.0. The first-order chi connectivity index (χ1) is 12.8. The number of carbonyl (C=O) groups is 3. The Labute approximate surface area is 156 Å². The van der Waals surface area contributed by atoms with E-state index in [4.69, 9.17) is 14.2 Å². The Kier molecular flexibility index (Phi) is 6.23. The highest BCUT2D eigenvalue weighted by atomic mass is 16.5. The molecule has 1 aromatic carbocycles. The minimum absolute atomic E-state index is 0.108. The molecule has 2 N–H and O–H groups in total. The fourth-order valence-corrected chi connectivity index (χ4v) is 2.55. The van der Waals surface area contributed by atoms with E-state index >= 15 is 0 Å². The molecule has 0 radical (unpaired) electrons. The number of rotatable bonds is 6. The SMILES string of the molecule is COC(=O)c1c(C)[nH]c(C(=O)O[C@H](C)C(=O)Nc2ccc(OC)cc2)c1C. The lowest BCUT2D eigenvalue weighted by molar-refractivity contribution is -0.123. The van der Waals surface area contributed by atoms with Gasteiger partial charge in [0.1, 0.15) is 11.4 Å². The van der Waals surface area contributed by atoms with Crippen LogP contribution in [-0.4, -0.2) is 43.2 Å². The van der Waals surface area contributed by atoms with E-state index in [1.165, 1.54) is 14.0 Å². The van der Waals surface area contributed by atoms with Crippen molar-refractivity contribution >= 4 is 23.5 Å². The minimum atomic E-state index is -1.04. The van der Waals surface area contributed by atoms with Crippen LogP contribution in [0.4, 0.5) is 5.69 Å². The van der Waals surface area contributed by atoms with Crippen LogP contribution in [-0.2, 0) is 14.3 Å². The molecule has 1 heterocycles. The second-order valence-electron chi connectivity index (χ2n) is 5.88.